The number of anilines is 1. The molecule has 0 aliphatic heterocycles. The van der Waals surface area contributed by atoms with Crippen molar-refractivity contribution in [2.45, 2.75) is 6.92 Å². The van der Waals surface area contributed by atoms with E-state index in [0.29, 0.717) is 22.6 Å². The highest BCUT2D eigenvalue weighted by molar-refractivity contribution is 14.1. The number of aryl methyl sites for hydroxylation is 1. The number of benzene rings is 3. The summed E-state index contributed by atoms with van der Waals surface area (Å²) in [6.45, 7) is 1.88. The predicted octanol–water partition coefficient (Wildman–Crippen LogP) is 3.91. The Kier molecular flexibility index (Phi) is 7.50. The Morgan fingerprint density at radius 1 is 0.935 bits per heavy atom. The van der Waals surface area contributed by atoms with Crippen molar-refractivity contribution in [2.24, 2.45) is 5.10 Å². The van der Waals surface area contributed by atoms with E-state index in [1.54, 1.807) is 54.6 Å². The molecule has 3 aromatic rings. The molecule has 2 amide bonds. The Morgan fingerprint density at radius 2 is 1.68 bits per heavy atom. The van der Waals surface area contributed by atoms with E-state index in [4.69, 9.17) is 4.74 Å². The monoisotopic (exact) mass is 527 g/mol. The highest BCUT2D eigenvalue weighted by Crippen LogP contribution is 2.17. The quantitative estimate of drug-likeness (QED) is 0.131. The topological polar surface area (TPSA) is 96.9 Å². The highest BCUT2D eigenvalue weighted by atomic mass is 127. The van der Waals surface area contributed by atoms with Gasteiger partial charge in [-0.15, -0.1) is 0 Å². The highest BCUT2D eigenvalue weighted by Gasteiger charge is 2.13. The van der Waals surface area contributed by atoms with Crippen LogP contribution in [-0.2, 0) is 9.59 Å². The fourth-order valence-electron chi connectivity index (χ4n) is 2.54. The van der Waals surface area contributed by atoms with Crippen LogP contribution in [0.4, 0.5) is 5.69 Å². The van der Waals surface area contributed by atoms with Crippen LogP contribution in [0.1, 0.15) is 21.5 Å². The van der Waals surface area contributed by atoms with Gasteiger partial charge in [0.2, 0.25) is 0 Å². The smallest absolute Gasteiger partial charge is 0.344 e. The van der Waals surface area contributed by atoms with Gasteiger partial charge in [-0.1, -0.05) is 24.3 Å². The van der Waals surface area contributed by atoms with Gasteiger partial charge in [-0.3, -0.25) is 9.59 Å². The van der Waals surface area contributed by atoms with Gasteiger partial charge in [0.1, 0.15) is 5.75 Å². The van der Waals surface area contributed by atoms with Crippen LogP contribution in [0.25, 0.3) is 0 Å². The average molecular weight is 527 g/mol. The minimum atomic E-state index is -0.888. The minimum absolute atomic E-state index is 0.378. The van der Waals surface area contributed by atoms with Crippen LogP contribution in [0.2, 0.25) is 0 Å². The second kappa shape index (κ2) is 10.5. The molecule has 0 atom stereocenters. The Bertz CT molecular complexity index is 1140. The molecule has 0 fully saturated rings. The number of hydrazone groups is 1. The number of hydrogen-bond acceptors (Lipinski definition) is 5. The molecule has 2 N–H and O–H groups in total. The molecule has 0 bridgehead atoms. The van der Waals surface area contributed by atoms with Gasteiger partial charge in [-0.05, 0) is 89.2 Å². The molecular formula is C23H18IN3O4. The van der Waals surface area contributed by atoms with Gasteiger partial charge in [-0.25, -0.2) is 10.2 Å². The number of esters is 1. The van der Waals surface area contributed by atoms with Gasteiger partial charge in [0.15, 0.2) is 0 Å². The lowest BCUT2D eigenvalue weighted by Gasteiger charge is -2.06. The number of carbonyl (C=O) groups excluding carboxylic acids is 3. The number of hydrogen-bond donors (Lipinski definition) is 2. The molecule has 8 heteroatoms. The zero-order valence-electron chi connectivity index (χ0n) is 16.5. The molecule has 156 valence electrons. The number of nitrogens with one attached hydrogen (secondary N) is 2. The maximum absolute atomic E-state index is 12.2. The Morgan fingerprint density at radius 3 is 2.39 bits per heavy atom. The molecule has 0 unspecified atom stereocenters. The zero-order chi connectivity index (χ0) is 22.2. The summed E-state index contributed by atoms with van der Waals surface area (Å²) in [5.41, 5.74) is 4.80. The van der Waals surface area contributed by atoms with Crippen LogP contribution >= 0.6 is 22.6 Å². The molecule has 31 heavy (non-hydrogen) atoms. The molecule has 0 aliphatic carbocycles. The summed E-state index contributed by atoms with van der Waals surface area (Å²) in [4.78, 5) is 36.0. The van der Waals surface area contributed by atoms with E-state index >= 15 is 0 Å². The van der Waals surface area contributed by atoms with E-state index in [2.05, 4.69) is 38.4 Å². The second-order valence-corrected chi connectivity index (χ2v) is 7.62. The van der Waals surface area contributed by atoms with Gasteiger partial charge >= 0.3 is 17.8 Å². The van der Waals surface area contributed by atoms with Crippen molar-refractivity contribution in [2.75, 3.05) is 5.32 Å². The molecule has 0 aliphatic rings. The molecule has 0 aromatic heterocycles. The first-order valence-corrected chi connectivity index (χ1v) is 10.3. The number of halogens is 1. The van der Waals surface area contributed by atoms with Crippen molar-refractivity contribution in [1.82, 2.24) is 5.43 Å². The second-order valence-electron chi connectivity index (χ2n) is 6.46. The summed E-state index contributed by atoms with van der Waals surface area (Å²) in [7, 11) is 0. The van der Waals surface area contributed by atoms with Crippen LogP contribution in [0.15, 0.2) is 77.9 Å². The Hall–Kier alpha value is -3.53. The SMILES string of the molecule is Cc1cccc(NC(=O)C(=O)N/N=C/c2ccc(OC(=O)c3ccccc3I)cc2)c1. The third-order valence-corrected chi connectivity index (χ3v) is 4.99. The summed E-state index contributed by atoms with van der Waals surface area (Å²) >= 11 is 2.07. The van der Waals surface area contributed by atoms with Crippen molar-refractivity contribution < 1.29 is 19.1 Å². The van der Waals surface area contributed by atoms with Crippen LogP contribution in [-0.4, -0.2) is 24.0 Å². The minimum Gasteiger partial charge on any atom is -0.423 e. The fraction of sp³-hybridized carbons (Fsp3) is 0.0435. The fourth-order valence-corrected chi connectivity index (χ4v) is 3.15. The van der Waals surface area contributed by atoms with Crippen LogP contribution < -0.4 is 15.5 Å². The largest absolute Gasteiger partial charge is 0.423 e. The molecule has 3 rings (SSSR count). The standard InChI is InChI=1S/C23H18IN3O4/c1-15-5-4-6-17(13-15)26-21(28)22(29)27-25-14-16-9-11-18(12-10-16)31-23(30)19-7-2-3-8-20(19)24/h2-14H,1H3,(H,26,28)(H,27,29)/b25-14+. The van der Waals surface area contributed by atoms with Crippen molar-refractivity contribution in [1.29, 1.82) is 0 Å². The lowest BCUT2D eigenvalue weighted by Crippen LogP contribution is -2.32. The summed E-state index contributed by atoms with van der Waals surface area (Å²) in [6, 6.07) is 20.8. The van der Waals surface area contributed by atoms with Crippen molar-refractivity contribution >= 4 is 52.3 Å². The van der Waals surface area contributed by atoms with E-state index in [1.807, 2.05) is 25.1 Å². The third kappa shape index (κ3) is 6.48. The zero-order valence-corrected chi connectivity index (χ0v) is 18.6. The number of rotatable bonds is 5. The number of nitrogens with zero attached hydrogens (tertiary/aromatic N) is 1. The van der Waals surface area contributed by atoms with Gasteiger partial charge in [-0.2, -0.15) is 5.10 Å². The molecule has 0 spiro atoms. The van der Waals surface area contributed by atoms with Gasteiger partial charge in [0.05, 0.1) is 11.8 Å². The van der Waals surface area contributed by atoms with Crippen LogP contribution in [0.5, 0.6) is 5.75 Å². The van der Waals surface area contributed by atoms with E-state index in [0.717, 1.165) is 9.13 Å². The maximum Gasteiger partial charge on any atom is 0.344 e. The van der Waals surface area contributed by atoms with E-state index < -0.39 is 17.8 Å². The summed E-state index contributed by atoms with van der Waals surface area (Å²) in [5, 5.41) is 6.28. The van der Waals surface area contributed by atoms with Gasteiger partial charge < -0.3 is 10.1 Å². The first-order valence-electron chi connectivity index (χ1n) is 9.20. The maximum atomic E-state index is 12.2. The van der Waals surface area contributed by atoms with Crippen LogP contribution in [0.3, 0.4) is 0 Å². The van der Waals surface area contributed by atoms with Gasteiger partial charge in [0, 0.05) is 9.26 Å². The van der Waals surface area contributed by atoms with E-state index in [9.17, 15) is 14.4 Å². The first-order chi connectivity index (χ1) is 14.9. The van der Waals surface area contributed by atoms with Gasteiger partial charge in [0.25, 0.3) is 0 Å². The molecule has 7 nitrogen and oxygen atoms in total. The molecule has 0 radical (unpaired) electrons. The summed E-state index contributed by atoms with van der Waals surface area (Å²) in [6.07, 6.45) is 1.38. The van der Waals surface area contributed by atoms with Crippen molar-refractivity contribution in [3.8, 4) is 5.75 Å². The number of carbonyl (C=O) groups is 3. The predicted molar refractivity (Wildman–Crippen MR) is 126 cm³/mol. The average Bonchev–Trinajstić information content (AvgIpc) is 2.75. The first kappa shape index (κ1) is 22.2. The summed E-state index contributed by atoms with van der Waals surface area (Å²) < 4.78 is 6.17. The normalized spacial score (nSPS) is 10.5. The summed E-state index contributed by atoms with van der Waals surface area (Å²) in [5.74, 6) is -1.78. The lowest BCUT2D eigenvalue weighted by molar-refractivity contribution is -0.136. The Balaban J connectivity index is 1.52. The number of amides is 2. The molecule has 0 saturated carbocycles. The molecule has 3 aromatic carbocycles. The van der Waals surface area contributed by atoms with E-state index in [1.165, 1.54) is 6.21 Å². The number of ether oxygens (including phenoxy) is 1. The van der Waals surface area contributed by atoms with Crippen molar-refractivity contribution in [3.05, 3.63) is 93.1 Å². The molecular weight excluding hydrogens is 509 g/mol. The van der Waals surface area contributed by atoms with Crippen molar-refractivity contribution in [3.63, 3.8) is 0 Å². The van der Waals surface area contributed by atoms with E-state index in [-0.39, 0.29) is 0 Å². The molecule has 0 saturated heterocycles. The molecule has 0 heterocycles. The third-order valence-electron chi connectivity index (χ3n) is 4.05. The Labute approximate surface area is 192 Å². The lowest BCUT2D eigenvalue weighted by atomic mass is 10.2. The van der Waals surface area contributed by atoms with Crippen LogP contribution in [0, 0.1) is 10.5 Å².